The van der Waals surface area contributed by atoms with E-state index in [4.69, 9.17) is 4.52 Å². The van der Waals surface area contributed by atoms with Gasteiger partial charge < -0.3 is 9.26 Å². The van der Waals surface area contributed by atoms with Gasteiger partial charge >= 0.3 is 5.97 Å². The lowest BCUT2D eigenvalue weighted by molar-refractivity contribution is 0.0592. The molecule has 0 radical (unpaired) electrons. The van der Waals surface area contributed by atoms with Crippen LogP contribution < -0.4 is 0 Å². The molecule has 0 atom stereocenters. The van der Waals surface area contributed by atoms with Crippen molar-refractivity contribution < 1.29 is 14.1 Å². The number of rotatable bonds is 4. The highest BCUT2D eigenvalue weighted by Gasteiger charge is 2.23. The van der Waals surface area contributed by atoms with Crippen molar-refractivity contribution in [1.29, 1.82) is 0 Å². The van der Waals surface area contributed by atoms with Crippen LogP contribution in [0.3, 0.4) is 0 Å². The molecule has 2 aromatic heterocycles. The van der Waals surface area contributed by atoms with Crippen LogP contribution in [-0.2, 0) is 11.3 Å². The molecule has 0 amide bonds. The highest BCUT2D eigenvalue weighted by molar-refractivity contribution is 5.88. The second-order valence-corrected chi connectivity index (χ2v) is 4.11. The Labute approximate surface area is 104 Å². The predicted molar refractivity (Wildman–Crippen MR) is 61.1 cm³/mol. The molecule has 0 saturated heterocycles. The quantitative estimate of drug-likeness (QED) is 0.759. The Bertz CT molecular complexity index is 530. The first kappa shape index (κ1) is 12.3. The molecule has 0 unspecified atom stereocenters. The first-order chi connectivity index (χ1) is 8.63. The molecular formula is C11H14N4O3. The Hall–Kier alpha value is -2.18. The SMILES string of the molecule is COC(=O)c1nnn(Cc2ccno2)c1C(C)C. The molecule has 7 heteroatoms. The Morgan fingerprint density at radius 2 is 2.33 bits per heavy atom. The molecule has 2 heterocycles. The lowest BCUT2D eigenvalue weighted by Crippen LogP contribution is -2.11. The first-order valence-corrected chi connectivity index (χ1v) is 5.54. The third-order valence-corrected chi connectivity index (χ3v) is 2.50. The minimum Gasteiger partial charge on any atom is -0.464 e. The van der Waals surface area contributed by atoms with E-state index in [2.05, 4.69) is 20.2 Å². The van der Waals surface area contributed by atoms with Crippen molar-refractivity contribution in [3.05, 3.63) is 29.4 Å². The lowest BCUT2D eigenvalue weighted by Gasteiger charge is -2.08. The van der Waals surface area contributed by atoms with Gasteiger partial charge in [0.2, 0.25) is 0 Å². The minimum atomic E-state index is -0.484. The Balaban J connectivity index is 2.36. The van der Waals surface area contributed by atoms with Gasteiger partial charge in [0.25, 0.3) is 0 Å². The lowest BCUT2D eigenvalue weighted by atomic mass is 10.1. The molecule has 0 fully saturated rings. The Kier molecular flexibility index (Phi) is 3.40. The summed E-state index contributed by atoms with van der Waals surface area (Å²) in [6.45, 7) is 4.31. The van der Waals surface area contributed by atoms with E-state index in [-0.39, 0.29) is 11.6 Å². The van der Waals surface area contributed by atoms with Crippen molar-refractivity contribution in [2.24, 2.45) is 0 Å². The minimum absolute atomic E-state index is 0.0945. The third kappa shape index (κ3) is 2.24. The summed E-state index contributed by atoms with van der Waals surface area (Å²) in [6.07, 6.45) is 1.56. The summed E-state index contributed by atoms with van der Waals surface area (Å²) in [5, 5.41) is 11.4. The maximum absolute atomic E-state index is 11.6. The topological polar surface area (TPSA) is 83.0 Å². The summed E-state index contributed by atoms with van der Waals surface area (Å²) in [5.74, 6) is 0.262. The maximum atomic E-state index is 11.6. The van der Waals surface area contributed by atoms with Gasteiger partial charge in [0.15, 0.2) is 11.5 Å². The van der Waals surface area contributed by atoms with Crippen LogP contribution >= 0.6 is 0 Å². The average molecular weight is 250 g/mol. The van der Waals surface area contributed by atoms with Gasteiger partial charge in [0, 0.05) is 6.07 Å². The molecule has 0 bridgehead atoms. The van der Waals surface area contributed by atoms with Gasteiger partial charge in [-0.1, -0.05) is 24.2 Å². The molecule has 2 aromatic rings. The van der Waals surface area contributed by atoms with E-state index in [1.807, 2.05) is 13.8 Å². The standard InChI is InChI=1S/C11H14N4O3/c1-7(2)10-9(11(16)17-3)13-14-15(10)6-8-4-5-12-18-8/h4-5,7H,6H2,1-3H3. The number of nitrogens with zero attached hydrogens (tertiary/aromatic N) is 4. The van der Waals surface area contributed by atoms with Crippen LogP contribution in [0.2, 0.25) is 0 Å². The van der Waals surface area contributed by atoms with E-state index >= 15 is 0 Å². The fraction of sp³-hybridized carbons (Fsp3) is 0.455. The van der Waals surface area contributed by atoms with Crippen LogP contribution in [0.4, 0.5) is 0 Å². The van der Waals surface area contributed by atoms with E-state index in [0.29, 0.717) is 12.3 Å². The van der Waals surface area contributed by atoms with E-state index in [9.17, 15) is 4.79 Å². The van der Waals surface area contributed by atoms with Crippen molar-refractivity contribution in [1.82, 2.24) is 20.2 Å². The van der Waals surface area contributed by atoms with Gasteiger partial charge in [-0.3, -0.25) is 0 Å². The highest BCUT2D eigenvalue weighted by Crippen LogP contribution is 2.19. The average Bonchev–Trinajstić information content (AvgIpc) is 2.97. The molecule has 0 aliphatic carbocycles. The number of esters is 1. The summed E-state index contributed by atoms with van der Waals surface area (Å²) in [7, 11) is 1.32. The van der Waals surface area contributed by atoms with E-state index in [1.165, 1.54) is 7.11 Å². The second kappa shape index (κ2) is 4.99. The van der Waals surface area contributed by atoms with Gasteiger partial charge in [-0.05, 0) is 5.92 Å². The summed E-state index contributed by atoms with van der Waals surface area (Å²) < 4.78 is 11.3. The largest absolute Gasteiger partial charge is 0.464 e. The summed E-state index contributed by atoms with van der Waals surface area (Å²) in [5.41, 5.74) is 0.963. The fourth-order valence-electron chi connectivity index (χ4n) is 1.72. The summed E-state index contributed by atoms with van der Waals surface area (Å²) in [4.78, 5) is 11.6. The van der Waals surface area contributed by atoms with Crippen molar-refractivity contribution in [3.8, 4) is 0 Å². The van der Waals surface area contributed by atoms with Gasteiger partial charge in [-0.2, -0.15) is 0 Å². The summed E-state index contributed by atoms with van der Waals surface area (Å²) in [6, 6.07) is 1.74. The molecule has 2 rings (SSSR count). The molecule has 0 aliphatic heterocycles. The molecule has 0 saturated carbocycles. The van der Waals surface area contributed by atoms with E-state index < -0.39 is 5.97 Å². The van der Waals surface area contributed by atoms with Crippen molar-refractivity contribution in [2.75, 3.05) is 7.11 Å². The van der Waals surface area contributed by atoms with Gasteiger partial charge in [-0.15, -0.1) is 5.10 Å². The maximum Gasteiger partial charge on any atom is 0.360 e. The number of hydrogen-bond acceptors (Lipinski definition) is 6. The predicted octanol–water partition coefficient (Wildman–Crippen LogP) is 1.22. The molecule has 0 spiro atoms. The van der Waals surface area contributed by atoms with Crippen LogP contribution in [0.1, 0.15) is 41.7 Å². The van der Waals surface area contributed by atoms with Crippen LogP contribution in [0, 0.1) is 0 Å². The Morgan fingerprint density at radius 3 is 2.89 bits per heavy atom. The number of methoxy groups -OCH3 is 1. The molecule has 0 aliphatic rings. The number of carbonyl (C=O) groups excluding carboxylic acids is 1. The first-order valence-electron chi connectivity index (χ1n) is 5.54. The smallest absolute Gasteiger partial charge is 0.360 e. The second-order valence-electron chi connectivity index (χ2n) is 4.11. The number of ether oxygens (including phenoxy) is 1. The zero-order valence-electron chi connectivity index (χ0n) is 10.5. The molecule has 7 nitrogen and oxygen atoms in total. The zero-order chi connectivity index (χ0) is 13.1. The van der Waals surface area contributed by atoms with Gasteiger partial charge in [0.1, 0.15) is 6.54 Å². The van der Waals surface area contributed by atoms with Crippen LogP contribution in [0.5, 0.6) is 0 Å². The molecule has 0 N–H and O–H groups in total. The molecule has 18 heavy (non-hydrogen) atoms. The Morgan fingerprint density at radius 1 is 1.56 bits per heavy atom. The highest BCUT2D eigenvalue weighted by atomic mass is 16.5. The van der Waals surface area contributed by atoms with E-state index in [1.54, 1.807) is 16.9 Å². The van der Waals surface area contributed by atoms with Crippen molar-refractivity contribution >= 4 is 5.97 Å². The fourth-order valence-corrected chi connectivity index (χ4v) is 1.72. The molecular weight excluding hydrogens is 236 g/mol. The van der Waals surface area contributed by atoms with Crippen LogP contribution in [-0.4, -0.2) is 33.2 Å². The monoisotopic (exact) mass is 250 g/mol. The molecule has 0 aromatic carbocycles. The van der Waals surface area contributed by atoms with Crippen LogP contribution in [0.15, 0.2) is 16.8 Å². The normalized spacial score (nSPS) is 10.9. The summed E-state index contributed by atoms with van der Waals surface area (Å²) >= 11 is 0. The third-order valence-electron chi connectivity index (χ3n) is 2.50. The van der Waals surface area contributed by atoms with Crippen molar-refractivity contribution in [2.45, 2.75) is 26.3 Å². The van der Waals surface area contributed by atoms with Gasteiger partial charge in [0.05, 0.1) is 19.0 Å². The van der Waals surface area contributed by atoms with E-state index in [0.717, 1.165) is 5.69 Å². The van der Waals surface area contributed by atoms with Crippen molar-refractivity contribution in [3.63, 3.8) is 0 Å². The molecule has 96 valence electrons. The number of hydrogen-bond donors (Lipinski definition) is 0. The zero-order valence-corrected chi connectivity index (χ0v) is 10.5. The number of aromatic nitrogens is 4. The number of carbonyl (C=O) groups is 1. The van der Waals surface area contributed by atoms with Gasteiger partial charge in [-0.25, -0.2) is 9.48 Å². The van der Waals surface area contributed by atoms with Crippen LogP contribution in [0.25, 0.3) is 0 Å².